The van der Waals surface area contributed by atoms with Gasteiger partial charge in [-0.25, -0.2) is 4.98 Å². The van der Waals surface area contributed by atoms with Crippen LogP contribution in [0.25, 0.3) is 0 Å². The van der Waals surface area contributed by atoms with Crippen molar-refractivity contribution < 1.29 is 0 Å². The third-order valence-corrected chi connectivity index (χ3v) is 3.12. The van der Waals surface area contributed by atoms with E-state index in [1.807, 2.05) is 18.2 Å². The normalized spacial score (nSPS) is 19.6. The summed E-state index contributed by atoms with van der Waals surface area (Å²) in [7, 11) is 0. The largest absolute Gasteiger partial charge is 0.370 e. The summed E-state index contributed by atoms with van der Waals surface area (Å²) in [5, 5.41) is 15.4. The van der Waals surface area contributed by atoms with Gasteiger partial charge in [0.25, 0.3) is 0 Å². The molecule has 1 saturated heterocycles. The molecule has 1 aliphatic heterocycles. The van der Waals surface area contributed by atoms with Crippen molar-refractivity contribution in [3.8, 4) is 6.07 Å². The third kappa shape index (κ3) is 3.72. The molecule has 2 heterocycles. The van der Waals surface area contributed by atoms with Gasteiger partial charge in [0.1, 0.15) is 17.6 Å². The van der Waals surface area contributed by atoms with Gasteiger partial charge in [-0.15, -0.1) is 0 Å². The highest BCUT2D eigenvalue weighted by molar-refractivity contribution is 5.38. The van der Waals surface area contributed by atoms with Crippen molar-refractivity contribution in [3.63, 3.8) is 0 Å². The highest BCUT2D eigenvalue weighted by atomic mass is 15.0. The molecular formula is C13H18N4. The molecule has 0 saturated carbocycles. The van der Waals surface area contributed by atoms with Crippen LogP contribution < -0.4 is 10.6 Å². The lowest BCUT2D eigenvalue weighted by molar-refractivity contribution is 0.364. The van der Waals surface area contributed by atoms with Crippen molar-refractivity contribution in [2.24, 2.45) is 5.92 Å². The van der Waals surface area contributed by atoms with Crippen molar-refractivity contribution in [2.45, 2.75) is 19.3 Å². The zero-order valence-electron chi connectivity index (χ0n) is 9.95. The van der Waals surface area contributed by atoms with Crippen molar-refractivity contribution in [1.29, 1.82) is 5.26 Å². The van der Waals surface area contributed by atoms with Crippen LogP contribution in [0.3, 0.4) is 0 Å². The molecule has 0 bridgehead atoms. The maximum absolute atomic E-state index is 8.74. The minimum absolute atomic E-state index is 0.467. The first-order valence-corrected chi connectivity index (χ1v) is 6.20. The van der Waals surface area contributed by atoms with E-state index in [0.717, 1.165) is 37.8 Å². The van der Waals surface area contributed by atoms with E-state index in [-0.39, 0.29) is 0 Å². The van der Waals surface area contributed by atoms with E-state index in [1.54, 1.807) is 6.07 Å². The lowest BCUT2D eigenvalue weighted by atomic mass is 9.96. The molecule has 17 heavy (non-hydrogen) atoms. The molecule has 2 rings (SSSR count). The summed E-state index contributed by atoms with van der Waals surface area (Å²) in [6.45, 7) is 3.22. The number of hydrogen-bond donors (Lipinski definition) is 2. The Morgan fingerprint density at radius 3 is 3.24 bits per heavy atom. The fraction of sp³-hybridized carbons (Fsp3) is 0.538. The second-order valence-corrected chi connectivity index (χ2v) is 4.45. The van der Waals surface area contributed by atoms with Gasteiger partial charge in [0.2, 0.25) is 0 Å². The molecular weight excluding hydrogens is 212 g/mol. The molecule has 0 aromatic carbocycles. The van der Waals surface area contributed by atoms with Gasteiger partial charge in [-0.1, -0.05) is 6.07 Å². The summed E-state index contributed by atoms with van der Waals surface area (Å²) in [5.41, 5.74) is 0.467. The third-order valence-electron chi connectivity index (χ3n) is 3.12. The zero-order valence-corrected chi connectivity index (χ0v) is 9.95. The summed E-state index contributed by atoms with van der Waals surface area (Å²) in [6, 6.07) is 7.52. The van der Waals surface area contributed by atoms with E-state index in [9.17, 15) is 0 Å². The minimum atomic E-state index is 0.467. The number of nitrogens with one attached hydrogen (secondary N) is 2. The molecule has 4 heteroatoms. The number of pyridine rings is 1. The lowest BCUT2D eigenvalue weighted by Gasteiger charge is -2.22. The highest BCUT2D eigenvalue weighted by Crippen LogP contribution is 2.14. The summed E-state index contributed by atoms with van der Waals surface area (Å²) in [5.74, 6) is 1.57. The second-order valence-electron chi connectivity index (χ2n) is 4.45. The first kappa shape index (κ1) is 11.9. The topological polar surface area (TPSA) is 60.7 Å². The maximum Gasteiger partial charge on any atom is 0.142 e. The molecule has 0 radical (unpaired) electrons. The number of nitrogens with zero attached hydrogens (tertiary/aromatic N) is 2. The molecule has 0 aliphatic carbocycles. The van der Waals surface area contributed by atoms with Crippen LogP contribution in [0.2, 0.25) is 0 Å². The van der Waals surface area contributed by atoms with Crippen LogP contribution >= 0.6 is 0 Å². The van der Waals surface area contributed by atoms with Crippen LogP contribution in [0.15, 0.2) is 18.2 Å². The molecule has 1 aromatic rings. The van der Waals surface area contributed by atoms with Crippen molar-refractivity contribution >= 4 is 5.82 Å². The predicted octanol–water partition coefficient (Wildman–Crippen LogP) is 1.75. The number of rotatable bonds is 4. The molecule has 2 N–H and O–H groups in total. The van der Waals surface area contributed by atoms with Gasteiger partial charge in [0.15, 0.2) is 0 Å². The molecule has 90 valence electrons. The second kappa shape index (κ2) is 6.21. The van der Waals surface area contributed by atoms with Crippen LogP contribution in [0.5, 0.6) is 0 Å². The zero-order chi connectivity index (χ0) is 11.9. The maximum atomic E-state index is 8.74. The van der Waals surface area contributed by atoms with Crippen LogP contribution in [-0.4, -0.2) is 24.6 Å². The summed E-state index contributed by atoms with van der Waals surface area (Å²) >= 11 is 0. The van der Waals surface area contributed by atoms with Gasteiger partial charge in [0, 0.05) is 6.54 Å². The van der Waals surface area contributed by atoms with E-state index in [2.05, 4.69) is 15.6 Å². The molecule has 1 aliphatic rings. The summed E-state index contributed by atoms with van der Waals surface area (Å²) in [4.78, 5) is 4.19. The van der Waals surface area contributed by atoms with Gasteiger partial charge in [-0.3, -0.25) is 0 Å². The molecule has 1 fully saturated rings. The Morgan fingerprint density at radius 1 is 1.53 bits per heavy atom. The van der Waals surface area contributed by atoms with E-state index in [0.29, 0.717) is 5.69 Å². The quantitative estimate of drug-likeness (QED) is 0.827. The minimum Gasteiger partial charge on any atom is -0.370 e. The smallest absolute Gasteiger partial charge is 0.142 e. The van der Waals surface area contributed by atoms with E-state index >= 15 is 0 Å². The monoisotopic (exact) mass is 230 g/mol. The van der Waals surface area contributed by atoms with Crippen LogP contribution in [0.4, 0.5) is 5.82 Å². The number of piperidine rings is 1. The van der Waals surface area contributed by atoms with Gasteiger partial charge in [-0.2, -0.15) is 5.26 Å². The van der Waals surface area contributed by atoms with Gasteiger partial charge in [0.05, 0.1) is 0 Å². The number of hydrogen-bond acceptors (Lipinski definition) is 4. The molecule has 1 aromatic heterocycles. The van der Waals surface area contributed by atoms with Crippen molar-refractivity contribution in [1.82, 2.24) is 10.3 Å². The number of nitriles is 1. The fourth-order valence-corrected chi connectivity index (χ4v) is 2.17. The van der Waals surface area contributed by atoms with Gasteiger partial charge < -0.3 is 10.6 Å². The molecule has 1 atom stereocenters. The Hall–Kier alpha value is -1.60. The van der Waals surface area contributed by atoms with E-state index < -0.39 is 0 Å². The average molecular weight is 230 g/mol. The van der Waals surface area contributed by atoms with Crippen LogP contribution in [0, 0.1) is 17.2 Å². The van der Waals surface area contributed by atoms with Crippen molar-refractivity contribution in [3.05, 3.63) is 23.9 Å². The Morgan fingerprint density at radius 2 is 2.47 bits per heavy atom. The fourth-order valence-electron chi connectivity index (χ4n) is 2.17. The number of anilines is 1. The van der Waals surface area contributed by atoms with Crippen molar-refractivity contribution in [2.75, 3.05) is 25.0 Å². The Kier molecular flexibility index (Phi) is 4.34. The van der Waals surface area contributed by atoms with Gasteiger partial charge in [-0.05, 0) is 50.4 Å². The molecule has 0 spiro atoms. The first-order valence-electron chi connectivity index (χ1n) is 6.20. The van der Waals surface area contributed by atoms with E-state index in [4.69, 9.17) is 5.26 Å². The van der Waals surface area contributed by atoms with Gasteiger partial charge >= 0.3 is 0 Å². The first-order chi connectivity index (χ1) is 8.38. The Bertz CT molecular complexity index is 391. The highest BCUT2D eigenvalue weighted by Gasteiger charge is 2.11. The summed E-state index contributed by atoms with van der Waals surface area (Å²) in [6.07, 6.45) is 3.76. The average Bonchev–Trinajstić information content (AvgIpc) is 2.40. The van der Waals surface area contributed by atoms with Crippen LogP contribution in [-0.2, 0) is 0 Å². The molecule has 0 amide bonds. The number of aromatic nitrogens is 1. The SMILES string of the molecule is N#Cc1cccc(NCCC2CCCNC2)n1. The van der Waals surface area contributed by atoms with Crippen LogP contribution in [0.1, 0.15) is 25.0 Å². The lowest BCUT2D eigenvalue weighted by Crippen LogP contribution is -2.30. The Labute approximate surface area is 102 Å². The van der Waals surface area contributed by atoms with E-state index in [1.165, 1.54) is 12.8 Å². The molecule has 1 unspecified atom stereocenters. The summed E-state index contributed by atoms with van der Waals surface area (Å²) < 4.78 is 0. The standard InChI is InChI=1S/C13H18N4/c14-9-12-4-1-5-13(17-12)16-8-6-11-3-2-7-15-10-11/h1,4-5,11,15H,2-3,6-8,10H2,(H,16,17). The Balaban J connectivity index is 1.75. The molecule has 4 nitrogen and oxygen atoms in total. The predicted molar refractivity (Wildman–Crippen MR) is 67.7 cm³/mol.